The summed E-state index contributed by atoms with van der Waals surface area (Å²) in [5.74, 6) is 0.744. The first-order valence-electron chi connectivity index (χ1n) is 6.27. The van der Waals surface area contributed by atoms with Crippen molar-refractivity contribution in [2.75, 3.05) is 6.54 Å². The first kappa shape index (κ1) is 16.2. The van der Waals surface area contributed by atoms with E-state index in [1.165, 1.54) is 6.07 Å². The summed E-state index contributed by atoms with van der Waals surface area (Å²) in [6, 6.07) is 1.36. The lowest BCUT2D eigenvalue weighted by atomic mass is 9.82. The molecule has 0 amide bonds. The molecule has 0 aromatic carbocycles. The molecule has 0 saturated carbocycles. The molecule has 0 aliphatic rings. The molecular weight excluding hydrogens is 266 g/mol. The molecule has 1 aromatic rings. The van der Waals surface area contributed by atoms with Crippen molar-refractivity contribution >= 4 is 10.0 Å². The Hall–Kier alpha value is -0.850. The van der Waals surface area contributed by atoms with Crippen molar-refractivity contribution in [3.05, 3.63) is 17.6 Å². The van der Waals surface area contributed by atoms with Crippen LogP contribution in [0.3, 0.4) is 0 Å². The minimum Gasteiger partial charge on any atom is -0.462 e. The lowest BCUT2D eigenvalue weighted by molar-refractivity contribution is 0.244. The van der Waals surface area contributed by atoms with Gasteiger partial charge in [0.2, 0.25) is 10.0 Å². The minimum absolute atomic E-state index is 0.0320. The summed E-state index contributed by atoms with van der Waals surface area (Å²) in [6.07, 6.45) is 0. The predicted molar refractivity (Wildman–Crippen MR) is 73.2 cm³/mol. The molecule has 2 N–H and O–H groups in total. The van der Waals surface area contributed by atoms with Crippen LogP contribution in [0.2, 0.25) is 0 Å². The highest BCUT2D eigenvalue weighted by Crippen LogP contribution is 2.25. The van der Waals surface area contributed by atoms with E-state index in [2.05, 4.69) is 25.5 Å². The molecule has 1 atom stereocenters. The Kier molecular flexibility index (Phi) is 4.81. The van der Waals surface area contributed by atoms with Crippen LogP contribution in [0.5, 0.6) is 0 Å². The summed E-state index contributed by atoms with van der Waals surface area (Å²) in [4.78, 5) is 0.0951. The van der Waals surface area contributed by atoms with Crippen LogP contribution in [-0.4, -0.2) is 20.1 Å². The first-order chi connectivity index (χ1) is 8.58. The third-order valence-corrected chi connectivity index (χ3v) is 4.96. The Balaban J connectivity index is 2.84. The maximum Gasteiger partial charge on any atom is 0.244 e. The summed E-state index contributed by atoms with van der Waals surface area (Å²) < 4.78 is 32.1. The van der Waals surface area contributed by atoms with Crippen molar-refractivity contribution in [3.63, 3.8) is 0 Å². The molecule has 0 fully saturated rings. The normalized spacial score (nSPS) is 14.6. The summed E-state index contributed by atoms with van der Waals surface area (Å²) in [7, 11) is -3.59. The van der Waals surface area contributed by atoms with Crippen LogP contribution in [0.4, 0.5) is 0 Å². The largest absolute Gasteiger partial charge is 0.462 e. The molecule has 1 aromatic heterocycles. The van der Waals surface area contributed by atoms with Crippen LogP contribution >= 0.6 is 0 Å². The third-order valence-electron chi connectivity index (χ3n) is 3.43. The second kappa shape index (κ2) is 5.64. The lowest BCUT2D eigenvalue weighted by Gasteiger charge is -2.27. The molecule has 0 saturated heterocycles. The van der Waals surface area contributed by atoms with Crippen molar-refractivity contribution in [1.29, 1.82) is 0 Å². The number of furan rings is 1. The van der Waals surface area contributed by atoms with E-state index in [1.807, 2.05) is 6.92 Å². The van der Waals surface area contributed by atoms with E-state index >= 15 is 0 Å². The number of sulfonamides is 1. The van der Waals surface area contributed by atoms with Gasteiger partial charge in [0.05, 0.1) is 0 Å². The smallest absolute Gasteiger partial charge is 0.244 e. The molecule has 0 bridgehead atoms. The molecule has 1 unspecified atom stereocenters. The quantitative estimate of drug-likeness (QED) is 0.869. The molecule has 0 aliphatic carbocycles. The summed E-state index contributed by atoms with van der Waals surface area (Å²) >= 11 is 0. The maximum atomic E-state index is 12.2. The Morgan fingerprint density at radius 1 is 1.42 bits per heavy atom. The van der Waals surface area contributed by atoms with E-state index < -0.39 is 10.0 Å². The van der Waals surface area contributed by atoms with Gasteiger partial charge in [-0.3, -0.25) is 0 Å². The predicted octanol–water partition coefficient (Wildman–Crippen LogP) is 2.04. The summed E-state index contributed by atoms with van der Waals surface area (Å²) in [6.45, 7) is 9.83. The van der Waals surface area contributed by atoms with Gasteiger partial charge in [0.1, 0.15) is 23.0 Å². The highest BCUT2D eigenvalue weighted by Gasteiger charge is 2.25. The second-order valence-electron chi connectivity index (χ2n) is 5.91. The first-order valence-corrected chi connectivity index (χ1v) is 7.76. The molecule has 1 heterocycles. The minimum atomic E-state index is -3.59. The number of aryl methyl sites for hydroxylation is 1. The zero-order chi connectivity index (χ0) is 14.8. The molecule has 5 nitrogen and oxygen atoms in total. The van der Waals surface area contributed by atoms with E-state index in [9.17, 15) is 8.42 Å². The zero-order valence-corrected chi connectivity index (χ0v) is 13.0. The number of hydrogen-bond donors (Lipinski definition) is 2. The van der Waals surface area contributed by atoms with E-state index in [0.29, 0.717) is 12.3 Å². The Bertz CT molecular complexity index is 525. The van der Waals surface area contributed by atoms with Gasteiger partial charge < -0.3 is 9.52 Å². The Labute approximate surface area is 115 Å². The van der Waals surface area contributed by atoms with Gasteiger partial charge in [-0.15, -0.1) is 0 Å². The van der Waals surface area contributed by atoms with E-state index in [4.69, 9.17) is 9.52 Å². The van der Waals surface area contributed by atoms with E-state index in [1.54, 1.807) is 6.92 Å². The van der Waals surface area contributed by atoms with Crippen LogP contribution in [-0.2, 0) is 16.6 Å². The standard InChI is InChI=1S/C13H23NO4S/c1-9(13(3,4)5)7-14-19(16,17)12-6-11(8-15)18-10(12)2/h6,9,14-15H,7-8H2,1-5H3. The fraction of sp³-hybridized carbons (Fsp3) is 0.692. The number of aliphatic hydroxyl groups is 1. The molecule has 19 heavy (non-hydrogen) atoms. The number of rotatable bonds is 5. The van der Waals surface area contributed by atoms with Gasteiger partial charge in [0.25, 0.3) is 0 Å². The third kappa shape index (κ3) is 4.06. The van der Waals surface area contributed by atoms with Gasteiger partial charge in [-0.25, -0.2) is 13.1 Å². The SMILES string of the molecule is Cc1oc(CO)cc1S(=O)(=O)NCC(C)C(C)(C)C. The van der Waals surface area contributed by atoms with Crippen LogP contribution in [0, 0.1) is 18.3 Å². The van der Waals surface area contributed by atoms with Crippen molar-refractivity contribution in [2.45, 2.75) is 46.1 Å². The maximum absolute atomic E-state index is 12.2. The molecular formula is C13H23NO4S. The molecule has 0 radical (unpaired) electrons. The molecule has 0 aliphatic heterocycles. The average Bonchev–Trinajstić information content (AvgIpc) is 2.67. The van der Waals surface area contributed by atoms with E-state index in [0.717, 1.165) is 0 Å². The van der Waals surface area contributed by atoms with Crippen LogP contribution in [0.1, 0.15) is 39.2 Å². The van der Waals surface area contributed by atoms with Crippen molar-refractivity contribution in [1.82, 2.24) is 4.72 Å². The summed E-state index contributed by atoms with van der Waals surface area (Å²) in [5, 5.41) is 8.96. The fourth-order valence-electron chi connectivity index (χ4n) is 1.49. The number of nitrogens with one attached hydrogen (secondary N) is 1. The van der Waals surface area contributed by atoms with Gasteiger partial charge in [-0.1, -0.05) is 27.7 Å². The molecule has 110 valence electrons. The monoisotopic (exact) mass is 289 g/mol. The number of hydrogen-bond acceptors (Lipinski definition) is 4. The molecule has 1 rings (SSSR count). The highest BCUT2D eigenvalue weighted by molar-refractivity contribution is 7.89. The average molecular weight is 289 g/mol. The van der Waals surface area contributed by atoms with Gasteiger partial charge in [-0.05, 0) is 18.3 Å². The second-order valence-corrected chi connectivity index (χ2v) is 7.65. The van der Waals surface area contributed by atoms with E-state index in [-0.39, 0.29) is 28.6 Å². The van der Waals surface area contributed by atoms with Crippen LogP contribution < -0.4 is 4.72 Å². The van der Waals surface area contributed by atoms with Crippen molar-refractivity contribution in [2.24, 2.45) is 11.3 Å². The van der Waals surface area contributed by atoms with Gasteiger partial charge >= 0.3 is 0 Å². The Morgan fingerprint density at radius 3 is 2.42 bits per heavy atom. The number of aliphatic hydroxyl groups excluding tert-OH is 1. The van der Waals surface area contributed by atoms with Gasteiger partial charge in [-0.2, -0.15) is 0 Å². The van der Waals surface area contributed by atoms with Crippen molar-refractivity contribution < 1.29 is 17.9 Å². The highest BCUT2D eigenvalue weighted by atomic mass is 32.2. The zero-order valence-electron chi connectivity index (χ0n) is 12.1. The van der Waals surface area contributed by atoms with Gasteiger partial charge in [0.15, 0.2) is 0 Å². The van der Waals surface area contributed by atoms with Crippen molar-refractivity contribution in [3.8, 4) is 0 Å². The van der Waals surface area contributed by atoms with Gasteiger partial charge in [0, 0.05) is 12.6 Å². The lowest BCUT2D eigenvalue weighted by Crippen LogP contribution is -2.33. The summed E-state index contributed by atoms with van der Waals surface area (Å²) in [5.41, 5.74) is 0.0320. The molecule has 6 heteroatoms. The van der Waals surface area contributed by atoms with Crippen LogP contribution in [0.15, 0.2) is 15.4 Å². The fourth-order valence-corrected chi connectivity index (χ4v) is 2.82. The molecule has 0 spiro atoms. The van der Waals surface area contributed by atoms with Crippen LogP contribution in [0.25, 0.3) is 0 Å². The topological polar surface area (TPSA) is 79.5 Å². The Morgan fingerprint density at radius 2 is 2.00 bits per heavy atom.